The fourth-order valence-corrected chi connectivity index (χ4v) is 2.72. The van der Waals surface area contributed by atoms with E-state index in [0.29, 0.717) is 22.5 Å². The maximum Gasteiger partial charge on any atom is 0.229 e. The molecule has 7 heteroatoms. The van der Waals surface area contributed by atoms with Crippen LogP contribution < -0.4 is 20.1 Å². The lowest BCUT2D eigenvalue weighted by Crippen LogP contribution is -2.03. The molecular weight excluding hydrogens is 364 g/mol. The van der Waals surface area contributed by atoms with Gasteiger partial charge in [-0.2, -0.15) is 4.98 Å². The number of aryl methyl sites for hydroxylation is 2. The quantitative estimate of drug-likeness (QED) is 0.604. The molecule has 3 rings (SSSR count). The van der Waals surface area contributed by atoms with Gasteiger partial charge in [-0.3, -0.25) is 0 Å². The Balaban J connectivity index is 1.88. The molecule has 0 saturated heterocycles. The number of aromatic nitrogens is 2. The van der Waals surface area contributed by atoms with Gasteiger partial charge >= 0.3 is 0 Å². The zero-order valence-corrected chi connectivity index (χ0v) is 16.4. The summed E-state index contributed by atoms with van der Waals surface area (Å²) in [5.41, 5.74) is 3.40. The van der Waals surface area contributed by atoms with Crippen molar-refractivity contribution < 1.29 is 9.47 Å². The molecule has 3 aromatic rings. The minimum atomic E-state index is 0.472. The van der Waals surface area contributed by atoms with Crippen molar-refractivity contribution in [1.29, 1.82) is 0 Å². The van der Waals surface area contributed by atoms with Crippen molar-refractivity contribution in [3.63, 3.8) is 0 Å². The third-order valence-corrected chi connectivity index (χ3v) is 4.36. The summed E-state index contributed by atoms with van der Waals surface area (Å²) in [6, 6.07) is 13.1. The normalized spacial score (nSPS) is 10.4. The molecule has 0 atom stereocenters. The Morgan fingerprint density at radius 2 is 1.70 bits per heavy atom. The number of halogens is 1. The number of hydrogen-bond acceptors (Lipinski definition) is 6. The predicted octanol–water partition coefficient (Wildman–Crippen LogP) is 5.25. The van der Waals surface area contributed by atoms with Crippen LogP contribution in [0.2, 0.25) is 5.02 Å². The van der Waals surface area contributed by atoms with E-state index in [4.69, 9.17) is 21.1 Å². The van der Waals surface area contributed by atoms with E-state index in [1.54, 1.807) is 14.2 Å². The summed E-state index contributed by atoms with van der Waals surface area (Å²) in [5.74, 6) is 2.51. The molecule has 0 radical (unpaired) electrons. The largest absolute Gasteiger partial charge is 0.497 e. The number of benzene rings is 2. The van der Waals surface area contributed by atoms with Crippen LogP contribution in [0.5, 0.6) is 11.5 Å². The van der Waals surface area contributed by atoms with Gasteiger partial charge in [-0.05, 0) is 43.7 Å². The van der Waals surface area contributed by atoms with Crippen molar-refractivity contribution in [2.45, 2.75) is 13.8 Å². The minimum Gasteiger partial charge on any atom is -0.497 e. The van der Waals surface area contributed by atoms with E-state index in [1.165, 1.54) is 0 Å². The molecule has 27 heavy (non-hydrogen) atoms. The van der Waals surface area contributed by atoms with Crippen LogP contribution in [0, 0.1) is 13.8 Å². The topological polar surface area (TPSA) is 68.3 Å². The van der Waals surface area contributed by atoms with E-state index in [9.17, 15) is 0 Å². The molecule has 0 aliphatic carbocycles. The van der Waals surface area contributed by atoms with E-state index in [-0.39, 0.29) is 0 Å². The fourth-order valence-electron chi connectivity index (χ4n) is 2.54. The molecule has 0 spiro atoms. The molecule has 0 fully saturated rings. The Morgan fingerprint density at radius 1 is 0.889 bits per heavy atom. The number of ether oxygens (including phenoxy) is 2. The molecule has 0 aliphatic rings. The summed E-state index contributed by atoms with van der Waals surface area (Å²) < 4.78 is 10.7. The Bertz CT molecular complexity index is 963. The van der Waals surface area contributed by atoms with Crippen molar-refractivity contribution in [2.75, 3.05) is 24.9 Å². The Labute approximate surface area is 163 Å². The van der Waals surface area contributed by atoms with Crippen LogP contribution in [-0.2, 0) is 0 Å². The molecule has 140 valence electrons. The second-order valence-corrected chi connectivity index (χ2v) is 6.41. The van der Waals surface area contributed by atoms with Crippen molar-refractivity contribution >= 4 is 34.7 Å². The zero-order chi connectivity index (χ0) is 19.4. The highest BCUT2D eigenvalue weighted by Gasteiger charge is 2.09. The highest BCUT2D eigenvalue weighted by atomic mass is 35.5. The summed E-state index contributed by atoms with van der Waals surface area (Å²) in [4.78, 5) is 8.97. The SMILES string of the molecule is COc1ccc(OC)c(Nc2cc(C)nc(Nc3ccc(C)c(Cl)c3)n2)c1. The van der Waals surface area contributed by atoms with Crippen molar-refractivity contribution in [1.82, 2.24) is 9.97 Å². The summed E-state index contributed by atoms with van der Waals surface area (Å²) >= 11 is 6.19. The fraction of sp³-hybridized carbons (Fsp3) is 0.200. The molecule has 1 heterocycles. The molecule has 0 saturated carbocycles. The highest BCUT2D eigenvalue weighted by molar-refractivity contribution is 6.31. The average molecular weight is 385 g/mol. The molecule has 6 nitrogen and oxygen atoms in total. The van der Waals surface area contributed by atoms with Crippen molar-refractivity contribution in [3.05, 3.63) is 58.7 Å². The maximum absolute atomic E-state index is 6.19. The van der Waals surface area contributed by atoms with Crippen LogP contribution in [0.25, 0.3) is 0 Å². The Hall–Kier alpha value is -2.99. The van der Waals surface area contributed by atoms with E-state index in [1.807, 2.05) is 56.3 Å². The van der Waals surface area contributed by atoms with Crippen LogP contribution in [0.3, 0.4) is 0 Å². The van der Waals surface area contributed by atoms with Crippen molar-refractivity contribution in [2.24, 2.45) is 0 Å². The van der Waals surface area contributed by atoms with Crippen LogP contribution in [0.4, 0.5) is 23.1 Å². The van der Waals surface area contributed by atoms with Gasteiger partial charge in [-0.25, -0.2) is 4.98 Å². The first-order valence-electron chi connectivity index (χ1n) is 8.36. The van der Waals surface area contributed by atoms with Crippen LogP contribution in [-0.4, -0.2) is 24.2 Å². The van der Waals surface area contributed by atoms with Gasteiger partial charge in [0, 0.05) is 28.5 Å². The molecular formula is C20H21ClN4O2. The Morgan fingerprint density at radius 3 is 2.41 bits per heavy atom. The predicted molar refractivity (Wildman–Crippen MR) is 109 cm³/mol. The number of nitrogens with one attached hydrogen (secondary N) is 2. The van der Waals surface area contributed by atoms with Gasteiger partial charge in [-0.1, -0.05) is 17.7 Å². The molecule has 0 aliphatic heterocycles. The van der Waals surface area contributed by atoms with Gasteiger partial charge in [-0.15, -0.1) is 0 Å². The first-order valence-corrected chi connectivity index (χ1v) is 8.74. The van der Waals surface area contributed by atoms with Crippen LogP contribution >= 0.6 is 11.6 Å². The first kappa shape index (κ1) is 18.8. The molecule has 1 aromatic heterocycles. The lowest BCUT2D eigenvalue weighted by molar-refractivity contribution is 0.405. The number of nitrogens with zero attached hydrogens (tertiary/aromatic N) is 2. The molecule has 0 unspecified atom stereocenters. The summed E-state index contributed by atoms with van der Waals surface area (Å²) in [6.07, 6.45) is 0. The number of hydrogen-bond donors (Lipinski definition) is 2. The lowest BCUT2D eigenvalue weighted by atomic mass is 10.2. The van der Waals surface area contributed by atoms with Gasteiger partial charge in [0.1, 0.15) is 17.3 Å². The highest BCUT2D eigenvalue weighted by Crippen LogP contribution is 2.31. The number of rotatable bonds is 6. The number of anilines is 4. The zero-order valence-electron chi connectivity index (χ0n) is 15.6. The second kappa shape index (κ2) is 8.14. The van der Waals surface area contributed by atoms with Gasteiger partial charge in [0.25, 0.3) is 0 Å². The standard InChI is InChI=1S/C20H21ClN4O2/c1-12-5-6-14(10-16(12)21)23-20-22-13(2)9-19(25-20)24-17-11-15(26-3)7-8-18(17)27-4/h5-11H,1-4H3,(H2,22,23,24,25). The minimum absolute atomic E-state index is 0.472. The van der Waals surface area contributed by atoms with E-state index < -0.39 is 0 Å². The third-order valence-electron chi connectivity index (χ3n) is 3.95. The van der Waals surface area contributed by atoms with E-state index in [2.05, 4.69) is 20.6 Å². The Kier molecular flexibility index (Phi) is 5.66. The molecule has 0 bridgehead atoms. The van der Waals surface area contributed by atoms with Crippen LogP contribution in [0.1, 0.15) is 11.3 Å². The summed E-state index contributed by atoms with van der Waals surface area (Å²) in [5, 5.41) is 7.14. The molecule has 2 N–H and O–H groups in total. The number of methoxy groups -OCH3 is 2. The monoisotopic (exact) mass is 384 g/mol. The van der Waals surface area contributed by atoms with Gasteiger partial charge < -0.3 is 20.1 Å². The van der Waals surface area contributed by atoms with Gasteiger partial charge in [0.05, 0.1) is 19.9 Å². The average Bonchev–Trinajstić information content (AvgIpc) is 2.64. The van der Waals surface area contributed by atoms with E-state index in [0.717, 1.165) is 28.4 Å². The smallest absolute Gasteiger partial charge is 0.229 e. The second-order valence-electron chi connectivity index (χ2n) is 6.00. The van der Waals surface area contributed by atoms with Gasteiger partial charge in [0.15, 0.2) is 0 Å². The maximum atomic E-state index is 6.19. The van der Waals surface area contributed by atoms with Crippen molar-refractivity contribution in [3.8, 4) is 11.5 Å². The lowest BCUT2D eigenvalue weighted by Gasteiger charge is -2.14. The van der Waals surface area contributed by atoms with Crippen LogP contribution in [0.15, 0.2) is 42.5 Å². The first-order chi connectivity index (χ1) is 13.0. The molecule has 0 amide bonds. The summed E-state index contributed by atoms with van der Waals surface area (Å²) in [7, 11) is 3.24. The molecule has 2 aromatic carbocycles. The summed E-state index contributed by atoms with van der Waals surface area (Å²) in [6.45, 7) is 3.86. The van der Waals surface area contributed by atoms with E-state index >= 15 is 0 Å². The van der Waals surface area contributed by atoms with Gasteiger partial charge in [0.2, 0.25) is 5.95 Å². The third kappa shape index (κ3) is 4.60.